The highest BCUT2D eigenvalue weighted by atomic mass is 16.5. The molecule has 4 rings (SSSR count). The Morgan fingerprint density at radius 3 is 2.65 bits per heavy atom. The van der Waals surface area contributed by atoms with Crippen molar-refractivity contribution < 1.29 is 19.1 Å². The number of aryl methyl sites for hydroxylation is 2. The maximum absolute atomic E-state index is 13.1. The Labute approximate surface area is 149 Å². The summed E-state index contributed by atoms with van der Waals surface area (Å²) in [6.07, 6.45) is 0. The van der Waals surface area contributed by atoms with Crippen molar-refractivity contribution in [2.24, 2.45) is 0 Å². The fraction of sp³-hybridized carbons (Fsp3) is 0.200. The molecule has 3 aromatic rings. The highest BCUT2D eigenvalue weighted by molar-refractivity contribution is 5.99. The molecule has 1 aliphatic heterocycles. The monoisotopic (exact) mass is 351 g/mol. The molecule has 0 aliphatic carbocycles. The van der Waals surface area contributed by atoms with Crippen molar-refractivity contribution in [3.05, 3.63) is 68.6 Å². The van der Waals surface area contributed by atoms with E-state index < -0.39 is 11.9 Å². The van der Waals surface area contributed by atoms with Gasteiger partial charge < -0.3 is 19.6 Å². The van der Waals surface area contributed by atoms with E-state index in [-0.39, 0.29) is 28.3 Å². The van der Waals surface area contributed by atoms with Crippen LogP contribution in [0.25, 0.3) is 11.0 Å². The van der Waals surface area contributed by atoms with Crippen LogP contribution < -0.4 is 15.5 Å². The second-order valence-corrected chi connectivity index (χ2v) is 6.47. The largest absolute Gasteiger partial charge is 0.504 e. The van der Waals surface area contributed by atoms with Gasteiger partial charge in [-0.1, -0.05) is 12.1 Å². The summed E-state index contributed by atoms with van der Waals surface area (Å²) in [4.78, 5) is 25.6. The smallest absolute Gasteiger partial charge is 0.288 e. The minimum Gasteiger partial charge on any atom is -0.504 e. The SMILES string of the molecule is COc1cc([C@H]2NC(=O)c3oc4c(C)cc(C)cc4c(=O)c32)ccc1O. The van der Waals surface area contributed by atoms with E-state index in [0.29, 0.717) is 16.5 Å². The summed E-state index contributed by atoms with van der Waals surface area (Å²) < 4.78 is 11.0. The van der Waals surface area contributed by atoms with Crippen molar-refractivity contribution in [3.63, 3.8) is 0 Å². The number of nitrogens with one attached hydrogen (secondary N) is 1. The third-order valence-corrected chi connectivity index (χ3v) is 4.66. The van der Waals surface area contributed by atoms with E-state index in [2.05, 4.69) is 5.32 Å². The summed E-state index contributed by atoms with van der Waals surface area (Å²) in [5.74, 6) is -0.151. The number of carbonyl (C=O) groups excluding carboxylic acids is 1. The van der Waals surface area contributed by atoms with Crippen LogP contribution in [0.1, 0.15) is 38.9 Å². The van der Waals surface area contributed by atoms with Crippen LogP contribution in [0.5, 0.6) is 11.5 Å². The Balaban J connectivity index is 1.99. The zero-order valence-electron chi connectivity index (χ0n) is 14.5. The van der Waals surface area contributed by atoms with Gasteiger partial charge in [0, 0.05) is 0 Å². The maximum atomic E-state index is 13.1. The van der Waals surface area contributed by atoms with Gasteiger partial charge in [-0.05, 0) is 48.7 Å². The summed E-state index contributed by atoms with van der Waals surface area (Å²) in [7, 11) is 1.44. The van der Waals surface area contributed by atoms with Crippen LogP contribution in [-0.2, 0) is 0 Å². The topological polar surface area (TPSA) is 88.8 Å². The van der Waals surface area contributed by atoms with E-state index in [1.165, 1.54) is 13.2 Å². The first-order valence-corrected chi connectivity index (χ1v) is 8.16. The summed E-state index contributed by atoms with van der Waals surface area (Å²) in [6.45, 7) is 3.75. The number of fused-ring (bicyclic) bond motifs is 2. The maximum Gasteiger partial charge on any atom is 0.288 e. The molecule has 0 unspecified atom stereocenters. The van der Waals surface area contributed by atoms with Crippen molar-refractivity contribution >= 4 is 16.9 Å². The minimum atomic E-state index is -0.659. The Morgan fingerprint density at radius 1 is 1.15 bits per heavy atom. The van der Waals surface area contributed by atoms with Crippen LogP contribution >= 0.6 is 0 Å². The Hall–Kier alpha value is -3.28. The molecule has 1 aromatic heterocycles. The van der Waals surface area contributed by atoms with Crippen LogP contribution in [-0.4, -0.2) is 18.1 Å². The Kier molecular flexibility index (Phi) is 3.50. The molecule has 26 heavy (non-hydrogen) atoms. The first-order chi connectivity index (χ1) is 12.4. The second-order valence-electron chi connectivity index (χ2n) is 6.47. The van der Waals surface area contributed by atoms with Crippen molar-refractivity contribution in [2.75, 3.05) is 7.11 Å². The van der Waals surface area contributed by atoms with E-state index in [4.69, 9.17) is 9.15 Å². The third-order valence-electron chi connectivity index (χ3n) is 4.66. The fourth-order valence-corrected chi connectivity index (χ4v) is 3.49. The van der Waals surface area contributed by atoms with Crippen molar-refractivity contribution in [1.82, 2.24) is 5.32 Å². The van der Waals surface area contributed by atoms with E-state index in [1.54, 1.807) is 18.2 Å². The molecule has 132 valence electrons. The first-order valence-electron chi connectivity index (χ1n) is 8.16. The molecule has 1 amide bonds. The molecule has 0 spiro atoms. The lowest BCUT2D eigenvalue weighted by molar-refractivity contribution is 0.0938. The quantitative estimate of drug-likeness (QED) is 0.741. The van der Waals surface area contributed by atoms with Crippen molar-refractivity contribution in [2.45, 2.75) is 19.9 Å². The lowest BCUT2D eigenvalue weighted by Crippen LogP contribution is -2.22. The van der Waals surface area contributed by atoms with E-state index >= 15 is 0 Å². The summed E-state index contributed by atoms with van der Waals surface area (Å²) in [5.41, 5.74) is 2.86. The van der Waals surface area contributed by atoms with Crippen molar-refractivity contribution in [3.8, 4) is 11.5 Å². The normalized spacial score (nSPS) is 15.8. The summed E-state index contributed by atoms with van der Waals surface area (Å²) in [6, 6.07) is 7.73. The molecule has 2 N–H and O–H groups in total. The van der Waals surface area contributed by atoms with Gasteiger partial charge in [0.1, 0.15) is 5.58 Å². The van der Waals surface area contributed by atoms with Gasteiger partial charge in [0.05, 0.1) is 24.1 Å². The number of carbonyl (C=O) groups is 1. The van der Waals surface area contributed by atoms with Gasteiger partial charge in [-0.25, -0.2) is 0 Å². The van der Waals surface area contributed by atoms with Gasteiger partial charge in [0.2, 0.25) is 5.76 Å². The summed E-state index contributed by atoms with van der Waals surface area (Å²) in [5, 5.41) is 13.0. The zero-order valence-corrected chi connectivity index (χ0v) is 14.5. The van der Waals surface area contributed by atoms with Gasteiger partial charge in [-0.2, -0.15) is 0 Å². The predicted molar refractivity (Wildman–Crippen MR) is 95.9 cm³/mol. The van der Waals surface area contributed by atoms with E-state index in [0.717, 1.165) is 11.1 Å². The van der Waals surface area contributed by atoms with Gasteiger partial charge in [0.25, 0.3) is 5.91 Å². The highest BCUT2D eigenvalue weighted by Crippen LogP contribution is 2.35. The number of phenolic OH excluding ortho intramolecular Hbond substituents is 1. The van der Waals surface area contributed by atoms with Gasteiger partial charge >= 0.3 is 0 Å². The van der Waals surface area contributed by atoms with Crippen LogP contribution in [0.3, 0.4) is 0 Å². The Bertz CT molecular complexity index is 1130. The number of phenols is 1. The van der Waals surface area contributed by atoms with E-state index in [1.807, 2.05) is 19.9 Å². The first kappa shape index (κ1) is 16.2. The zero-order chi connectivity index (χ0) is 18.6. The summed E-state index contributed by atoms with van der Waals surface area (Å²) >= 11 is 0. The van der Waals surface area contributed by atoms with Gasteiger partial charge in [-0.15, -0.1) is 0 Å². The minimum absolute atomic E-state index is 0.0161. The van der Waals surface area contributed by atoms with Gasteiger partial charge in [-0.3, -0.25) is 9.59 Å². The number of hydrogen-bond acceptors (Lipinski definition) is 5. The average molecular weight is 351 g/mol. The molecular formula is C20H17NO5. The molecule has 0 fully saturated rings. The third kappa shape index (κ3) is 2.26. The lowest BCUT2D eigenvalue weighted by atomic mass is 9.98. The number of ether oxygens (including phenoxy) is 1. The number of aromatic hydroxyl groups is 1. The van der Waals surface area contributed by atoms with Gasteiger partial charge in [0.15, 0.2) is 16.9 Å². The lowest BCUT2D eigenvalue weighted by Gasteiger charge is -2.14. The molecular weight excluding hydrogens is 334 g/mol. The predicted octanol–water partition coefficient (Wildman–Crippen LogP) is 2.96. The number of hydrogen-bond donors (Lipinski definition) is 2. The second kappa shape index (κ2) is 5.62. The van der Waals surface area contributed by atoms with Crippen LogP contribution in [0.2, 0.25) is 0 Å². The van der Waals surface area contributed by atoms with Crippen LogP contribution in [0, 0.1) is 13.8 Å². The average Bonchev–Trinajstić information content (AvgIpc) is 2.94. The molecule has 6 nitrogen and oxygen atoms in total. The van der Waals surface area contributed by atoms with Crippen LogP contribution in [0.4, 0.5) is 0 Å². The number of rotatable bonds is 2. The molecule has 2 aromatic carbocycles. The molecule has 0 saturated carbocycles. The molecule has 2 heterocycles. The fourth-order valence-electron chi connectivity index (χ4n) is 3.49. The molecule has 0 saturated heterocycles. The molecule has 0 bridgehead atoms. The number of benzene rings is 2. The number of methoxy groups -OCH3 is 1. The Morgan fingerprint density at radius 2 is 1.92 bits per heavy atom. The molecule has 1 atom stereocenters. The van der Waals surface area contributed by atoms with E-state index in [9.17, 15) is 14.7 Å². The van der Waals surface area contributed by atoms with Crippen molar-refractivity contribution in [1.29, 1.82) is 0 Å². The standard InChI is InChI=1S/C20H17NO5/c1-9-6-10(2)18-12(7-9)17(23)15-16(21-20(24)19(15)26-18)11-4-5-13(22)14(8-11)25-3/h4-8,16,22H,1-3H3,(H,21,24)/t16-/m1/s1. The highest BCUT2D eigenvalue weighted by Gasteiger charge is 2.36. The molecule has 0 radical (unpaired) electrons. The molecule has 6 heteroatoms. The molecule has 1 aliphatic rings. The number of amides is 1. The van der Waals surface area contributed by atoms with Crippen LogP contribution in [0.15, 0.2) is 39.5 Å².